The Kier molecular flexibility index (Phi) is 5.31. The highest BCUT2D eigenvalue weighted by atomic mass is 16.1. The van der Waals surface area contributed by atoms with Gasteiger partial charge in [0, 0.05) is 43.8 Å². The Morgan fingerprint density at radius 2 is 2.24 bits per heavy atom. The number of nitrogens with one attached hydrogen (secondary N) is 3. The smallest absolute Gasteiger partial charge is 0.254 e. The van der Waals surface area contributed by atoms with Crippen LogP contribution in [0.15, 0.2) is 24.7 Å². The van der Waals surface area contributed by atoms with E-state index in [1.165, 1.54) is 0 Å². The van der Waals surface area contributed by atoms with E-state index in [0.717, 1.165) is 36.6 Å². The maximum Gasteiger partial charge on any atom is 0.254 e. The molecule has 21 heavy (non-hydrogen) atoms. The van der Waals surface area contributed by atoms with Crippen LogP contribution in [0.25, 0.3) is 0 Å². The number of nitrogens with zero attached hydrogens (tertiary/aromatic N) is 2. The number of amides is 1. The highest BCUT2D eigenvalue weighted by Crippen LogP contribution is 2.15. The van der Waals surface area contributed by atoms with Crippen molar-refractivity contribution in [1.82, 2.24) is 20.3 Å². The zero-order valence-corrected chi connectivity index (χ0v) is 12.4. The average molecular weight is 287 g/mol. The Balaban J connectivity index is 1.87. The first-order valence-electron chi connectivity index (χ1n) is 7.17. The summed E-state index contributed by atoms with van der Waals surface area (Å²) < 4.78 is 0. The molecule has 0 fully saturated rings. The molecule has 3 N–H and O–H groups in total. The van der Waals surface area contributed by atoms with Crippen LogP contribution in [-0.4, -0.2) is 33.9 Å². The van der Waals surface area contributed by atoms with Crippen molar-refractivity contribution in [2.45, 2.75) is 26.7 Å². The van der Waals surface area contributed by atoms with Crippen molar-refractivity contribution in [3.05, 3.63) is 41.7 Å². The predicted octanol–water partition coefficient (Wildman–Crippen LogP) is 1.91. The summed E-state index contributed by atoms with van der Waals surface area (Å²) in [6, 6.07) is 1.89. The van der Waals surface area contributed by atoms with Gasteiger partial charge < -0.3 is 15.6 Å². The van der Waals surface area contributed by atoms with Crippen LogP contribution >= 0.6 is 0 Å². The zero-order chi connectivity index (χ0) is 15.1. The fourth-order valence-corrected chi connectivity index (χ4v) is 2.07. The van der Waals surface area contributed by atoms with Gasteiger partial charge in [-0.05, 0) is 26.3 Å². The van der Waals surface area contributed by atoms with Crippen LogP contribution in [0.3, 0.4) is 0 Å². The second-order valence-electron chi connectivity index (χ2n) is 4.80. The van der Waals surface area contributed by atoms with E-state index in [1.54, 1.807) is 18.6 Å². The van der Waals surface area contributed by atoms with Gasteiger partial charge in [-0.3, -0.25) is 9.78 Å². The molecular weight excluding hydrogens is 266 g/mol. The van der Waals surface area contributed by atoms with Crippen molar-refractivity contribution in [2.24, 2.45) is 0 Å². The Morgan fingerprint density at radius 1 is 1.38 bits per heavy atom. The molecule has 0 atom stereocenters. The number of anilines is 1. The summed E-state index contributed by atoms with van der Waals surface area (Å²) in [4.78, 5) is 23.6. The van der Waals surface area contributed by atoms with Gasteiger partial charge in [0.2, 0.25) is 0 Å². The van der Waals surface area contributed by atoms with E-state index in [9.17, 15) is 4.79 Å². The normalized spacial score (nSPS) is 10.4. The van der Waals surface area contributed by atoms with Crippen LogP contribution in [0.5, 0.6) is 0 Å². The number of pyridine rings is 1. The lowest BCUT2D eigenvalue weighted by Gasteiger charge is -2.11. The molecule has 6 nitrogen and oxygen atoms in total. The van der Waals surface area contributed by atoms with Crippen molar-refractivity contribution < 1.29 is 4.79 Å². The van der Waals surface area contributed by atoms with Crippen LogP contribution in [0.1, 0.15) is 35.2 Å². The molecule has 0 aliphatic rings. The Bertz CT molecular complexity index is 580. The molecule has 2 heterocycles. The molecule has 2 rings (SSSR count). The third-order valence-electron chi connectivity index (χ3n) is 3.08. The number of aryl methyl sites for hydroxylation is 2. The number of carbonyl (C=O) groups is 1. The zero-order valence-electron chi connectivity index (χ0n) is 12.4. The van der Waals surface area contributed by atoms with Crippen molar-refractivity contribution in [3.8, 4) is 0 Å². The summed E-state index contributed by atoms with van der Waals surface area (Å²) >= 11 is 0. The van der Waals surface area contributed by atoms with E-state index in [1.807, 2.05) is 19.9 Å². The molecule has 112 valence electrons. The van der Waals surface area contributed by atoms with Gasteiger partial charge in [-0.25, -0.2) is 4.98 Å². The standard InChI is InChI=1S/C15H21N5O/c1-3-16-13-9-11(2)20-10-12(13)15(21)19-6-4-5-14-17-7-8-18-14/h7-10H,3-6H2,1-2H3,(H,16,20)(H,17,18)(H,19,21). The van der Waals surface area contributed by atoms with E-state index >= 15 is 0 Å². The van der Waals surface area contributed by atoms with Crippen LogP contribution < -0.4 is 10.6 Å². The summed E-state index contributed by atoms with van der Waals surface area (Å²) in [5.74, 6) is 0.840. The Hall–Kier alpha value is -2.37. The highest BCUT2D eigenvalue weighted by Gasteiger charge is 2.11. The van der Waals surface area contributed by atoms with Gasteiger partial charge in [-0.15, -0.1) is 0 Å². The van der Waals surface area contributed by atoms with Crippen LogP contribution in [0, 0.1) is 6.92 Å². The molecule has 0 unspecified atom stereocenters. The minimum absolute atomic E-state index is 0.0992. The Morgan fingerprint density at radius 3 is 2.95 bits per heavy atom. The summed E-state index contributed by atoms with van der Waals surface area (Å²) in [6.07, 6.45) is 6.81. The van der Waals surface area contributed by atoms with Crippen molar-refractivity contribution in [2.75, 3.05) is 18.4 Å². The van der Waals surface area contributed by atoms with Gasteiger partial charge in [0.1, 0.15) is 5.82 Å². The van der Waals surface area contributed by atoms with E-state index in [2.05, 4.69) is 25.6 Å². The SMILES string of the molecule is CCNc1cc(C)ncc1C(=O)NCCCc1ncc[nH]1. The van der Waals surface area contributed by atoms with Crippen molar-refractivity contribution >= 4 is 11.6 Å². The molecule has 2 aromatic heterocycles. The number of H-pyrrole nitrogens is 1. The van der Waals surface area contributed by atoms with Gasteiger partial charge in [-0.1, -0.05) is 0 Å². The van der Waals surface area contributed by atoms with Crippen LogP contribution in [0.4, 0.5) is 5.69 Å². The first kappa shape index (κ1) is 15.0. The third-order valence-corrected chi connectivity index (χ3v) is 3.08. The Labute approximate surface area is 124 Å². The maximum absolute atomic E-state index is 12.2. The van der Waals surface area contributed by atoms with Crippen LogP contribution in [0.2, 0.25) is 0 Å². The lowest BCUT2D eigenvalue weighted by atomic mass is 10.2. The molecule has 0 bridgehead atoms. The number of carbonyl (C=O) groups excluding carboxylic acids is 1. The second-order valence-corrected chi connectivity index (χ2v) is 4.80. The number of aromatic amines is 1. The molecule has 6 heteroatoms. The number of aromatic nitrogens is 3. The fraction of sp³-hybridized carbons (Fsp3) is 0.400. The van der Waals surface area contributed by atoms with Gasteiger partial charge in [0.15, 0.2) is 0 Å². The van der Waals surface area contributed by atoms with Gasteiger partial charge in [0.25, 0.3) is 5.91 Å². The molecule has 2 aromatic rings. The number of rotatable bonds is 7. The molecule has 0 saturated carbocycles. The third kappa shape index (κ3) is 4.30. The monoisotopic (exact) mass is 287 g/mol. The first-order chi connectivity index (χ1) is 10.2. The quantitative estimate of drug-likeness (QED) is 0.679. The van der Waals surface area contributed by atoms with Gasteiger partial charge >= 0.3 is 0 Å². The number of hydrogen-bond donors (Lipinski definition) is 3. The van der Waals surface area contributed by atoms with Crippen molar-refractivity contribution in [1.29, 1.82) is 0 Å². The summed E-state index contributed by atoms with van der Waals surface area (Å²) in [6.45, 7) is 5.29. The molecule has 0 spiro atoms. The molecule has 0 aliphatic heterocycles. The molecular formula is C15H21N5O. The predicted molar refractivity (Wildman–Crippen MR) is 82.4 cm³/mol. The van der Waals surface area contributed by atoms with E-state index in [4.69, 9.17) is 0 Å². The summed E-state index contributed by atoms with van der Waals surface area (Å²) in [5, 5.41) is 6.11. The lowest BCUT2D eigenvalue weighted by Crippen LogP contribution is -2.26. The molecule has 1 amide bonds. The average Bonchev–Trinajstić information content (AvgIpc) is 2.97. The molecule has 0 aliphatic carbocycles. The summed E-state index contributed by atoms with van der Waals surface area (Å²) in [5.41, 5.74) is 2.30. The van der Waals surface area contributed by atoms with E-state index < -0.39 is 0 Å². The fourth-order valence-electron chi connectivity index (χ4n) is 2.07. The van der Waals surface area contributed by atoms with E-state index in [0.29, 0.717) is 12.1 Å². The van der Waals surface area contributed by atoms with E-state index in [-0.39, 0.29) is 5.91 Å². The molecule has 0 aromatic carbocycles. The van der Waals surface area contributed by atoms with Gasteiger partial charge in [-0.2, -0.15) is 0 Å². The van der Waals surface area contributed by atoms with Gasteiger partial charge in [0.05, 0.1) is 11.3 Å². The maximum atomic E-state index is 12.2. The first-order valence-corrected chi connectivity index (χ1v) is 7.17. The minimum Gasteiger partial charge on any atom is -0.385 e. The van der Waals surface area contributed by atoms with Crippen LogP contribution in [-0.2, 0) is 6.42 Å². The number of imidazole rings is 1. The summed E-state index contributed by atoms with van der Waals surface area (Å²) in [7, 11) is 0. The largest absolute Gasteiger partial charge is 0.385 e. The topological polar surface area (TPSA) is 82.7 Å². The molecule has 0 radical (unpaired) electrons. The van der Waals surface area contributed by atoms with Crippen molar-refractivity contribution in [3.63, 3.8) is 0 Å². The second kappa shape index (κ2) is 7.42. The number of hydrogen-bond acceptors (Lipinski definition) is 4. The highest BCUT2D eigenvalue weighted by molar-refractivity contribution is 5.99. The molecule has 0 saturated heterocycles. The minimum atomic E-state index is -0.0992. The lowest BCUT2D eigenvalue weighted by molar-refractivity contribution is 0.0953.